The minimum atomic E-state index is 0.816. The van der Waals surface area contributed by atoms with Gasteiger partial charge < -0.3 is 5.43 Å². The zero-order valence-corrected chi connectivity index (χ0v) is 4.76. The molecule has 1 aromatic rings. The van der Waals surface area contributed by atoms with E-state index in [0.29, 0.717) is 0 Å². The highest BCUT2D eigenvalue weighted by molar-refractivity contribution is 5.44. The molecule has 1 aliphatic rings. The summed E-state index contributed by atoms with van der Waals surface area (Å²) in [6.07, 6.45) is 3.33. The van der Waals surface area contributed by atoms with Crippen LogP contribution in [0, 0.1) is 0 Å². The zero-order chi connectivity index (χ0) is 6.10. The Kier molecular flexibility index (Phi) is 0.868. The summed E-state index contributed by atoms with van der Waals surface area (Å²) in [5.41, 5.74) is 6.96. The SMILES string of the molecule is c1ncc2c(n1)NNC2. The summed E-state index contributed by atoms with van der Waals surface area (Å²) in [6.45, 7) is 0.816. The number of aromatic nitrogens is 2. The van der Waals surface area contributed by atoms with Gasteiger partial charge in [-0.2, -0.15) is 0 Å². The number of hydrazine groups is 1. The molecule has 2 rings (SSSR count). The Morgan fingerprint density at radius 1 is 1.56 bits per heavy atom. The molecule has 0 spiro atoms. The molecule has 4 heteroatoms. The Morgan fingerprint density at radius 2 is 2.56 bits per heavy atom. The first-order chi connectivity index (χ1) is 4.47. The molecule has 2 N–H and O–H groups in total. The second-order valence-electron chi connectivity index (χ2n) is 1.88. The van der Waals surface area contributed by atoms with Gasteiger partial charge in [0.15, 0.2) is 0 Å². The number of anilines is 1. The van der Waals surface area contributed by atoms with E-state index >= 15 is 0 Å². The lowest BCUT2D eigenvalue weighted by atomic mass is 10.3. The molecule has 4 nitrogen and oxygen atoms in total. The Balaban J connectivity index is 2.54. The Morgan fingerprint density at radius 3 is 3.44 bits per heavy atom. The van der Waals surface area contributed by atoms with Gasteiger partial charge in [-0.15, -0.1) is 0 Å². The molecule has 0 unspecified atom stereocenters. The molecule has 0 atom stereocenters. The Bertz CT molecular complexity index is 199. The van der Waals surface area contributed by atoms with Crippen LogP contribution in [0.5, 0.6) is 0 Å². The smallest absolute Gasteiger partial charge is 0.148 e. The maximum atomic E-state index is 3.97. The lowest BCUT2D eigenvalue weighted by Crippen LogP contribution is -2.11. The van der Waals surface area contributed by atoms with Crippen LogP contribution in [0.4, 0.5) is 5.82 Å². The largest absolute Gasteiger partial charge is 0.305 e. The van der Waals surface area contributed by atoms with Crippen LogP contribution in [-0.2, 0) is 6.54 Å². The van der Waals surface area contributed by atoms with Crippen molar-refractivity contribution >= 4 is 5.82 Å². The predicted molar refractivity (Wildman–Crippen MR) is 32.5 cm³/mol. The zero-order valence-electron chi connectivity index (χ0n) is 4.76. The Labute approximate surface area is 52.3 Å². The maximum Gasteiger partial charge on any atom is 0.148 e. The summed E-state index contributed by atoms with van der Waals surface area (Å²) in [7, 11) is 0. The highest BCUT2D eigenvalue weighted by atomic mass is 15.4. The van der Waals surface area contributed by atoms with Gasteiger partial charge in [-0.1, -0.05) is 0 Å². The van der Waals surface area contributed by atoms with E-state index in [4.69, 9.17) is 0 Å². The summed E-state index contributed by atoms with van der Waals surface area (Å²) < 4.78 is 0. The summed E-state index contributed by atoms with van der Waals surface area (Å²) in [5, 5.41) is 0. The van der Waals surface area contributed by atoms with E-state index in [1.54, 1.807) is 6.20 Å². The van der Waals surface area contributed by atoms with Crippen molar-refractivity contribution in [1.29, 1.82) is 0 Å². The van der Waals surface area contributed by atoms with Gasteiger partial charge in [0.05, 0.1) is 0 Å². The number of hydrogen-bond donors (Lipinski definition) is 2. The normalized spacial score (nSPS) is 14.7. The second kappa shape index (κ2) is 1.66. The molecule has 0 aromatic carbocycles. The molecule has 9 heavy (non-hydrogen) atoms. The van der Waals surface area contributed by atoms with E-state index in [9.17, 15) is 0 Å². The van der Waals surface area contributed by atoms with E-state index in [0.717, 1.165) is 17.9 Å². The number of nitrogens with one attached hydrogen (secondary N) is 2. The molecule has 0 radical (unpaired) electrons. The van der Waals surface area contributed by atoms with Gasteiger partial charge in [-0.05, 0) is 0 Å². The molecule has 0 bridgehead atoms. The number of hydrogen-bond acceptors (Lipinski definition) is 4. The van der Waals surface area contributed by atoms with Crippen molar-refractivity contribution in [2.75, 3.05) is 5.43 Å². The van der Waals surface area contributed by atoms with E-state index in [-0.39, 0.29) is 0 Å². The van der Waals surface area contributed by atoms with Gasteiger partial charge in [-0.25, -0.2) is 15.4 Å². The van der Waals surface area contributed by atoms with Crippen LogP contribution in [-0.4, -0.2) is 9.97 Å². The van der Waals surface area contributed by atoms with Crippen molar-refractivity contribution in [3.63, 3.8) is 0 Å². The molecular formula is C5H6N4. The van der Waals surface area contributed by atoms with Crippen molar-refractivity contribution in [1.82, 2.24) is 15.4 Å². The molecule has 0 amide bonds. The first-order valence-corrected chi connectivity index (χ1v) is 2.74. The predicted octanol–water partition coefficient (Wildman–Crippen LogP) is -0.0933. The molecular weight excluding hydrogens is 116 g/mol. The lowest BCUT2D eigenvalue weighted by Gasteiger charge is -1.91. The fourth-order valence-electron chi connectivity index (χ4n) is 0.823. The number of nitrogens with zero attached hydrogens (tertiary/aromatic N) is 2. The number of rotatable bonds is 0. The van der Waals surface area contributed by atoms with Crippen LogP contribution in [0.1, 0.15) is 5.56 Å². The van der Waals surface area contributed by atoms with Gasteiger partial charge in [-0.3, -0.25) is 0 Å². The first-order valence-electron chi connectivity index (χ1n) is 2.74. The number of fused-ring (bicyclic) bond motifs is 1. The third-order valence-electron chi connectivity index (χ3n) is 1.27. The van der Waals surface area contributed by atoms with Crippen molar-refractivity contribution in [3.05, 3.63) is 18.1 Å². The summed E-state index contributed by atoms with van der Waals surface area (Å²) in [4.78, 5) is 7.84. The maximum absolute atomic E-state index is 3.97. The van der Waals surface area contributed by atoms with Crippen LogP contribution in [0.25, 0.3) is 0 Å². The molecule has 1 aromatic heterocycles. The quantitative estimate of drug-likeness (QED) is 0.504. The Hall–Kier alpha value is -1.16. The second-order valence-corrected chi connectivity index (χ2v) is 1.88. The van der Waals surface area contributed by atoms with E-state index < -0.39 is 0 Å². The summed E-state index contributed by atoms with van der Waals surface area (Å²) in [5.74, 6) is 0.894. The third kappa shape index (κ3) is 0.639. The summed E-state index contributed by atoms with van der Waals surface area (Å²) in [6, 6.07) is 0. The van der Waals surface area contributed by atoms with Crippen molar-refractivity contribution in [2.24, 2.45) is 0 Å². The van der Waals surface area contributed by atoms with E-state index in [1.807, 2.05) is 0 Å². The standard InChI is InChI=1S/C5H6N4/c1-4-2-8-9-5(4)7-3-6-1/h1,3,8H,2H2,(H,6,7,9). The van der Waals surface area contributed by atoms with Crippen molar-refractivity contribution in [2.45, 2.75) is 6.54 Å². The summed E-state index contributed by atoms with van der Waals surface area (Å²) >= 11 is 0. The van der Waals surface area contributed by atoms with Gasteiger partial charge in [0.2, 0.25) is 0 Å². The molecule has 0 saturated heterocycles. The molecule has 46 valence electrons. The first kappa shape index (κ1) is 4.69. The van der Waals surface area contributed by atoms with Crippen molar-refractivity contribution < 1.29 is 0 Å². The molecule has 0 fully saturated rings. The topological polar surface area (TPSA) is 49.8 Å². The molecule has 2 heterocycles. The lowest BCUT2D eigenvalue weighted by molar-refractivity contribution is 0.857. The monoisotopic (exact) mass is 122 g/mol. The van der Waals surface area contributed by atoms with Gasteiger partial charge >= 0.3 is 0 Å². The fraction of sp³-hybridized carbons (Fsp3) is 0.200. The van der Waals surface area contributed by atoms with E-state index in [2.05, 4.69) is 20.8 Å². The van der Waals surface area contributed by atoms with Gasteiger partial charge in [0.25, 0.3) is 0 Å². The average Bonchev–Trinajstić information content (AvgIpc) is 2.33. The van der Waals surface area contributed by atoms with E-state index in [1.165, 1.54) is 6.33 Å². The van der Waals surface area contributed by atoms with Crippen LogP contribution >= 0.6 is 0 Å². The average molecular weight is 122 g/mol. The van der Waals surface area contributed by atoms with Crippen molar-refractivity contribution in [3.8, 4) is 0 Å². The van der Waals surface area contributed by atoms with Gasteiger partial charge in [0.1, 0.15) is 12.1 Å². The highest BCUT2D eigenvalue weighted by Gasteiger charge is 2.07. The highest BCUT2D eigenvalue weighted by Crippen LogP contribution is 2.12. The fourth-order valence-corrected chi connectivity index (χ4v) is 0.823. The van der Waals surface area contributed by atoms with Gasteiger partial charge in [0, 0.05) is 18.3 Å². The minimum absolute atomic E-state index is 0.816. The van der Waals surface area contributed by atoms with Crippen LogP contribution in [0.2, 0.25) is 0 Å². The molecule has 0 aliphatic carbocycles. The van der Waals surface area contributed by atoms with Crippen LogP contribution in [0.15, 0.2) is 12.5 Å². The molecule has 1 aliphatic heterocycles. The van der Waals surface area contributed by atoms with Crippen LogP contribution < -0.4 is 10.9 Å². The minimum Gasteiger partial charge on any atom is -0.305 e. The third-order valence-corrected chi connectivity index (χ3v) is 1.27. The molecule has 0 saturated carbocycles. The van der Waals surface area contributed by atoms with Crippen LogP contribution in [0.3, 0.4) is 0 Å².